The van der Waals surface area contributed by atoms with Crippen LogP contribution >= 0.6 is 11.6 Å². The lowest BCUT2D eigenvalue weighted by molar-refractivity contribution is 1.35. The second-order valence-corrected chi connectivity index (χ2v) is 3.67. The monoisotopic (exact) mass is 202 g/mol. The number of imidazole rings is 1. The van der Waals surface area contributed by atoms with Crippen LogP contribution in [-0.2, 0) is 0 Å². The standard InChI is InChI=1S/C11H7ClN2/c12-8-2-3-9-7(5-8)1-4-10-11(9)14-6-13-10/h1-6H,(H,13,14). The number of hydrogen-bond donors (Lipinski definition) is 1. The highest BCUT2D eigenvalue weighted by Crippen LogP contribution is 2.25. The molecule has 1 aromatic heterocycles. The number of aromatic nitrogens is 2. The van der Waals surface area contributed by atoms with E-state index >= 15 is 0 Å². The second-order valence-electron chi connectivity index (χ2n) is 3.23. The van der Waals surface area contributed by atoms with Crippen molar-refractivity contribution in [1.82, 2.24) is 9.97 Å². The number of H-pyrrole nitrogens is 1. The van der Waals surface area contributed by atoms with Gasteiger partial charge in [-0.05, 0) is 23.6 Å². The van der Waals surface area contributed by atoms with Gasteiger partial charge in [-0.3, -0.25) is 0 Å². The molecule has 0 radical (unpaired) electrons. The van der Waals surface area contributed by atoms with Gasteiger partial charge in [0, 0.05) is 10.4 Å². The van der Waals surface area contributed by atoms with Crippen LogP contribution < -0.4 is 0 Å². The van der Waals surface area contributed by atoms with E-state index in [1.807, 2.05) is 30.3 Å². The molecule has 3 rings (SSSR count). The highest BCUT2D eigenvalue weighted by Gasteiger charge is 2.02. The predicted molar refractivity (Wildman–Crippen MR) is 58.6 cm³/mol. The molecule has 0 aliphatic heterocycles. The van der Waals surface area contributed by atoms with E-state index in [0.717, 1.165) is 26.8 Å². The van der Waals surface area contributed by atoms with Gasteiger partial charge in [-0.15, -0.1) is 0 Å². The third-order valence-corrected chi connectivity index (χ3v) is 2.60. The van der Waals surface area contributed by atoms with E-state index in [1.54, 1.807) is 6.33 Å². The van der Waals surface area contributed by atoms with Crippen molar-refractivity contribution in [3.63, 3.8) is 0 Å². The fourth-order valence-electron chi connectivity index (χ4n) is 1.71. The van der Waals surface area contributed by atoms with Crippen LogP contribution in [-0.4, -0.2) is 9.97 Å². The van der Waals surface area contributed by atoms with Gasteiger partial charge in [0.2, 0.25) is 0 Å². The number of benzene rings is 2. The van der Waals surface area contributed by atoms with Crippen molar-refractivity contribution in [3.05, 3.63) is 41.7 Å². The molecule has 0 spiro atoms. The number of aromatic amines is 1. The van der Waals surface area contributed by atoms with E-state index in [4.69, 9.17) is 11.6 Å². The molecule has 0 atom stereocenters. The molecular formula is C11H7ClN2. The molecule has 2 aromatic carbocycles. The smallest absolute Gasteiger partial charge is 0.0960 e. The van der Waals surface area contributed by atoms with E-state index in [0.29, 0.717) is 0 Å². The van der Waals surface area contributed by atoms with Gasteiger partial charge in [0.05, 0.1) is 17.4 Å². The van der Waals surface area contributed by atoms with Crippen LogP contribution in [0, 0.1) is 0 Å². The molecular weight excluding hydrogens is 196 g/mol. The van der Waals surface area contributed by atoms with Crippen LogP contribution in [0.15, 0.2) is 36.7 Å². The van der Waals surface area contributed by atoms with Crippen molar-refractivity contribution in [1.29, 1.82) is 0 Å². The minimum Gasteiger partial charge on any atom is -0.345 e. The maximum absolute atomic E-state index is 5.92. The highest BCUT2D eigenvalue weighted by atomic mass is 35.5. The SMILES string of the molecule is Clc1ccc2c(ccc3[nH]cnc32)c1. The summed E-state index contributed by atoms with van der Waals surface area (Å²) in [5, 5.41) is 3.01. The Morgan fingerprint density at radius 1 is 1.14 bits per heavy atom. The van der Waals surface area contributed by atoms with Crippen LogP contribution in [0.4, 0.5) is 0 Å². The molecule has 3 aromatic rings. The van der Waals surface area contributed by atoms with Gasteiger partial charge < -0.3 is 4.98 Å². The normalized spacial score (nSPS) is 11.2. The summed E-state index contributed by atoms with van der Waals surface area (Å²) >= 11 is 5.92. The molecule has 0 unspecified atom stereocenters. The number of rotatable bonds is 0. The van der Waals surface area contributed by atoms with Gasteiger partial charge in [0.15, 0.2) is 0 Å². The highest BCUT2D eigenvalue weighted by molar-refractivity contribution is 6.31. The Morgan fingerprint density at radius 3 is 3.00 bits per heavy atom. The van der Waals surface area contributed by atoms with Crippen molar-refractivity contribution < 1.29 is 0 Å². The number of fused-ring (bicyclic) bond motifs is 3. The molecule has 2 nitrogen and oxygen atoms in total. The molecule has 3 heteroatoms. The summed E-state index contributed by atoms with van der Waals surface area (Å²) in [5.74, 6) is 0. The number of nitrogens with one attached hydrogen (secondary N) is 1. The first-order valence-electron chi connectivity index (χ1n) is 4.36. The van der Waals surface area contributed by atoms with Crippen molar-refractivity contribution in [2.75, 3.05) is 0 Å². The van der Waals surface area contributed by atoms with Gasteiger partial charge in [0.25, 0.3) is 0 Å². The molecule has 1 heterocycles. The summed E-state index contributed by atoms with van der Waals surface area (Å²) in [4.78, 5) is 7.36. The van der Waals surface area contributed by atoms with Crippen LogP contribution in [0.1, 0.15) is 0 Å². The molecule has 0 saturated carbocycles. The molecule has 0 fully saturated rings. The van der Waals surface area contributed by atoms with Crippen molar-refractivity contribution in [2.45, 2.75) is 0 Å². The van der Waals surface area contributed by atoms with Crippen LogP contribution in [0.5, 0.6) is 0 Å². The Kier molecular flexibility index (Phi) is 1.52. The molecule has 0 aliphatic carbocycles. The third-order valence-electron chi connectivity index (χ3n) is 2.37. The minimum atomic E-state index is 0.757. The zero-order chi connectivity index (χ0) is 9.54. The number of hydrogen-bond acceptors (Lipinski definition) is 1. The summed E-state index contributed by atoms with van der Waals surface area (Å²) < 4.78 is 0. The number of nitrogens with zero attached hydrogens (tertiary/aromatic N) is 1. The Bertz CT molecular complexity index is 613. The molecule has 0 saturated heterocycles. The molecule has 0 aliphatic rings. The summed E-state index contributed by atoms with van der Waals surface area (Å²) in [6.45, 7) is 0. The lowest BCUT2D eigenvalue weighted by Crippen LogP contribution is -1.75. The first kappa shape index (κ1) is 7.83. The first-order valence-corrected chi connectivity index (χ1v) is 4.74. The number of halogens is 1. The second kappa shape index (κ2) is 2.72. The van der Waals surface area contributed by atoms with Crippen molar-refractivity contribution in [2.24, 2.45) is 0 Å². The van der Waals surface area contributed by atoms with Gasteiger partial charge in [0.1, 0.15) is 0 Å². The summed E-state index contributed by atoms with van der Waals surface area (Å²) in [6.07, 6.45) is 1.71. The Labute approximate surface area is 85.5 Å². The molecule has 1 N–H and O–H groups in total. The van der Waals surface area contributed by atoms with Crippen molar-refractivity contribution >= 4 is 33.4 Å². The van der Waals surface area contributed by atoms with E-state index in [1.165, 1.54) is 0 Å². The van der Waals surface area contributed by atoms with Crippen molar-refractivity contribution in [3.8, 4) is 0 Å². The lowest BCUT2D eigenvalue weighted by atomic mass is 10.1. The maximum Gasteiger partial charge on any atom is 0.0960 e. The fourth-order valence-corrected chi connectivity index (χ4v) is 1.89. The topological polar surface area (TPSA) is 28.7 Å². The third kappa shape index (κ3) is 1.01. The van der Waals surface area contributed by atoms with Gasteiger partial charge in [-0.25, -0.2) is 4.98 Å². The summed E-state index contributed by atoms with van der Waals surface area (Å²) in [6, 6.07) is 9.90. The Balaban J connectivity index is 2.57. The largest absolute Gasteiger partial charge is 0.345 e. The zero-order valence-electron chi connectivity index (χ0n) is 7.29. The van der Waals surface area contributed by atoms with Crippen LogP contribution in [0.2, 0.25) is 5.02 Å². The maximum atomic E-state index is 5.92. The van der Waals surface area contributed by atoms with E-state index in [-0.39, 0.29) is 0 Å². The fraction of sp³-hybridized carbons (Fsp3) is 0. The van der Waals surface area contributed by atoms with E-state index in [9.17, 15) is 0 Å². The Morgan fingerprint density at radius 2 is 2.07 bits per heavy atom. The summed E-state index contributed by atoms with van der Waals surface area (Å²) in [7, 11) is 0. The molecule has 0 bridgehead atoms. The molecule has 68 valence electrons. The molecule has 14 heavy (non-hydrogen) atoms. The van der Waals surface area contributed by atoms with Gasteiger partial charge >= 0.3 is 0 Å². The minimum absolute atomic E-state index is 0.757. The van der Waals surface area contributed by atoms with E-state index < -0.39 is 0 Å². The predicted octanol–water partition coefficient (Wildman–Crippen LogP) is 3.37. The van der Waals surface area contributed by atoms with Crippen LogP contribution in [0.3, 0.4) is 0 Å². The average Bonchev–Trinajstić information content (AvgIpc) is 2.65. The molecule has 0 amide bonds. The lowest BCUT2D eigenvalue weighted by Gasteiger charge is -1.98. The first-order chi connectivity index (χ1) is 6.84. The Hall–Kier alpha value is -1.54. The quantitative estimate of drug-likeness (QED) is 0.595. The van der Waals surface area contributed by atoms with Gasteiger partial charge in [-0.2, -0.15) is 0 Å². The summed E-state index contributed by atoms with van der Waals surface area (Å²) in [5.41, 5.74) is 2.05. The van der Waals surface area contributed by atoms with E-state index in [2.05, 4.69) is 9.97 Å². The average molecular weight is 203 g/mol. The van der Waals surface area contributed by atoms with Crippen LogP contribution in [0.25, 0.3) is 21.8 Å². The van der Waals surface area contributed by atoms with Gasteiger partial charge in [-0.1, -0.05) is 23.7 Å². The zero-order valence-corrected chi connectivity index (χ0v) is 8.05.